The van der Waals surface area contributed by atoms with Crippen LogP contribution in [0.2, 0.25) is 0 Å². The second-order valence-corrected chi connectivity index (χ2v) is 13.1. The van der Waals surface area contributed by atoms with Gasteiger partial charge in [-0.2, -0.15) is 0 Å². The monoisotopic (exact) mass is 624 g/mol. The van der Waals surface area contributed by atoms with Gasteiger partial charge < -0.3 is 13.4 Å². The smallest absolute Gasteiger partial charge is 0.228 e. The molecule has 1 aliphatic rings. The van der Waals surface area contributed by atoms with Crippen molar-refractivity contribution < 1.29 is 8.83 Å². The number of aromatic nitrogens is 2. The molecule has 0 spiro atoms. The first kappa shape index (κ1) is 25.4. The molecule has 0 saturated heterocycles. The van der Waals surface area contributed by atoms with Gasteiger partial charge in [-0.15, -0.1) is 0 Å². The first-order valence-electron chi connectivity index (χ1n) is 16.6. The molecule has 12 rings (SSSR count). The molecule has 0 radical (unpaired) electrons. The minimum absolute atomic E-state index is 0.594. The standard InChI is InChI=1S/C45H24N2O2/c1-2-11-28-27(10-1)30-14-7-9-25-19-21-37-44(41(25)30)43-32(28)15-8-17-36(43)47(37)26-20-22-38-34(23-26)42-31-13-4-3-12-29(31)33(24-40(42)48-38)45-46-35-16-5-6-18-39(35)49-45/h1-24H. The van der Waals surface area contributed by atoms with Gasteiger partial charge in [-0.1, -0.05) is 97.1 Å². The van der Waals surface area contributed by atoms with Crippen molar-refractivity contribution in [3.8, 4) is 39.4 Å². The molecule has 0 atom stereocenters. The van der Waals surface area contributed by atoms with Crippen LogP contribution in [0, 0.1) is 0 Å². The first-order chi connectivity index (χ1) is 24.3. The van der Waals surface area contributed by atoms with Gasteiger partial charge >= 0.3 is 0 Å². The first-order valence-corrected chi connectivity index (χ1v) is 16.6. The fraction of sp³-hybridized carbons (Fsp3) is 0. The van der Waals surface area contributed by atoms with Gasteiger partial charge in [-0.25, -0.2) is 4.98 Å². The second-order valence-electron chi connectivity index (χ2n) is 13.1. The summed E-state index contributed by atoms with van der Waals surface area (Å²) in [6.07, 6.45) is 0. The molecule has 49 heavy (non-hydrogen) atoms. The number of hydrogen-bond acceptors (Lipinski definition) is 3. The van der Waals surface area contributed by atoms with Crippen LogP contribution < -0.4 is 0 Å². The number of rotatable bonds is 2. The highest BCUT2D eigenvalue weighted by Crippen LogP contribution is 2.50. The molecule has 0 fully saturated rings. The fourth-order valence-corrected chi connectivity index (χ4v) is 8.54. The van der Waals surface area contributed by atoms with E-state index in [-0.39, 0.29) is 0 Å². The molecule has 0 saturated carbocycles. The number of nitrogens with zero attached hydrogens (tertiary/aromatic N) is 2. The van der Waals surface area contributed by atoms with E-state index in [2.05, 4.69) is 126 Å². The highest BCUT2D eigenvalue weighted by atomic mass is 16.3. The highest BCUT2D eigenvalue weighted by molar-refractivity contribution is 6.30. The number of furan rings is 1. The number of oxazole rings is 1. The Morgan fingerprint density at radius 3 is 2.02 bits per heavy atom. The predicted octanol–water partition coefficient (Wildman–Crippen LogP) is 12.4. The predicted molar refractivity (Wildman–Crippen MR) is 201 cm³/mol. The third kappa shape index (κ3) is 3.25. The lowest BCUT2D eigenvalue weighted by Crippen LogP contribution is -1.94. The number of benzene rings is 8. The van der Waals surface area contributed by atoms with Gasteiger partial charge in [0.25, 0.3) is 0 Å². The van der Waals surface area contributed by atoms with Crippen LogP contribution in [0.3, 0.4) is 0 Å². The minimum Gasteiger partial charge on any atom is -0.456 e. The Labute approximate surface area is 279 Å². The summed E-state index contributed by atoms with van der Waals surface area (Å²) in [4.78, 5) is 4.84. The third-order valence-corrected chi connectivity index (χ3v) is 10.5. The summed E-state index contributed by atoms with van der Waals surface area (Å²) in [5.41, 5.74) is 12.8. The zero-order valence-corrected chi connectivity index (χ0v) is 26.1. The summed E-state index contributed by atoms with van der Waals surface area (Å²) in [7, 11) is 0. The van der Waals surface area contributed by atoms with Crippen molar-refractivity contribution in [2.75, 3.05) is 0 Å². The molecule has 0 amide bonds. The lowest BCUT2D eigenvalue weighted by molar-refractivity contribution is 0.620. The molecule has 1 aliphatic carbocycles. The van der Waals surface area contributed by atoms with Crippen molar-refractivity contribution in [1.29, 1.82) is 0 Å². The molecule has 0 unspecified atom stereocenters. The van der Waals surface area contributed by atoms with Crippen LogP contribution in [0.25, 0.3) is 116 Å². The Morgan fingerprint density at radius 1 is 0.408 bits per heavy atom. The Bertz CT molecular complexity index is 3200. The lowest BCUT2D eigenvalue weighted by Gasteiger charge is -2.13. The summed E-state index contributed by atoms with van der Waals surface area (Å²) < 4.78 is 15.3. The SMILES string of the molecule is c1ccc2c(c1)-c1cccc3ccc4c(c13)c1c-2cccc1n4-c1ccc2oc3cc(-c4nc5ccccc5o4)c4ccccc4c3c2c1. The Kier molecular flexibility index (Phi) is 4.69. The summed E-state index contributed by atoms with van der Waals surface area (Å²) in [5, 5.41) is 9.54. The number of para-hydroxylation sites is 2. The average molecular weight is 625 g/mol. The highest BCUT2D eigenvalue weighted by Gasteiger charge is 2.25. The molecule has 0 aliphatic heterocycles. The van der Waals surface area contributed by atoms with Crippen LogP contribution in [0.1, 0.15) is 0 Å². The van der Waals surface area contributed by atoms with E-state index in [1.165, 1.54) is 54.8 Å². The average Bonchev–Trinajstić information content (AvgIpc) is 3.83. The van der Waals surface area contributed by atoms with E-state index < -0.39 is 0 Å². The van der Waals surface area contributed by atoms with Gasteiger partial charge in [0, 0.05) is 32.8 Å². The molecule has 0 bridgehead atoms. The Hall–Kier alpha value is -6.65. The lowest BCUT2D eigenvalue weighted by atomic mass is 9.93. The number of fused-ring (bicyclic) bond motifs is 9. The molecule has 8 aromatic carbocycles. The molecule has 3 aromatic heterocycles. The van der Waals surface area contributed by atoms with Gasteiger partial charge in [0.2, 0.25) is 5.89 Å². The largest absolute Gasteiger partial charge is 0.456 e. The van der Waals surface area contributed by atoms with E-state index in [0.29, 0.717) is 5.89 Å². The van der Waals surface area contributed by atoms with Crippen molar-refractivity contribution >= 4 is 76.4 Å². The molecule has 3 heterocycles. The van der Waals surface area contributed by atoms with Gasteiger partial charge in [-0.3, -0.25) is 0 Å². The third-order valence-electron chi connectivity index (χ3n) is 10.5. The summed E-state index contributed by atoms with van der Waals surface area (Å²) >= 11 is 0. The summed E-state index contributed by atoms with van der Waals surface area (Å²) in [5.74, 6) is 0.594. The number of hydrogen-bond donors (Lipinski definition) is 0. The normalized spacial score (nSPS) is 12.5. The van der Waals surface area contributed by atoms with Crippen molar-refractivity contribution in [1.82, 2.24) is 9.55 Å². The molecular weight excluding hydrogens is 601 g/mol. The van der Waals surface area contributed by atoms with E-state index >= 15 is 0 Å². The van der Waals surface area contributed by atoms with Crippen molar-refractivity contribution in [3.05, 3.63) is 146 Å². The van der Waals surface area contributed by atoms with E-state index in [0.717, 1.165) is 55.1 Å². The van der Waals surface area contributed by atoms with Crippen LogP contribution in [-0.2, 0) is 0 Å². The van der Waals surface area contributed by atoms with Gasteiger partial charge in [0.1, 0.15) is 16.7 Å². The quantitative estimate of drug-likeness (QED) is 0.192. The van der Waals surface area contributed by atoms with Crippen LogP contribution in [0.4, 0.5) is 0 Å². The van der Waals surface area contributed by atoms with Crippen LogP contribution in [-0.4, -0.2) is 9.55 Å². The fourth-order valence-electron chi connectivity index (χ4n) is 8.54. The molecule has 4 nitrogen and oxygen atoms in total. The topological polar surface area (TPSA) is 44.1 Å². The zero-order valence-electron chi connectivity index (χ0n) is 26.1. The maximum atomic E-state index is 6.61. The molecule has 11 aromatic rings. The molecular formula is C45H24N2O2. The Morgan fingerprint density at radius 2 is 1.14 bits per heavy atom. The van der Waals surface area contributed by atoms with Crippen LogP contribution in [0.15, 0.2) is 154 Å². The zero-order chi connectivity index (χ0) is 31.8. The van der Waals surface area contributed by atoms with Crippen molar-refractivity contribution in [3.63, 3.8) is 0 Å². The van der Waals surface area contributed by atoms with Crippen LogP contribution in [0.5, 0.6) is 0 Å². The van der Waals surface area contributed by atoms with E-state index in [4.69, 9.17) is 13.8 Å². The maximum Gasteiger partial charge on any atom is 0.228 e. The Balaban J connectivity index is 1.17. The molecule has 0 N–H and O–H groups in total. The van der Waals surface area contributed by atoms with Crippen molar-refractivity contribution in [2.24, 2.45) is 0 Å². The minimum atomic E-state index is 0.594. The van der Waals surface area contributed by atoms with E-state index in [9.17, 15) is 0 Å². The van der Waals surface area contributed by atoms with E-state index in [1.807, 2.05) is 24.3 Å². The summed E-state index contributed by atoms with van der Waals surface area (Å²) in [6.45, 7) is 0. The van der Waals surface area contributed by atoms with Gasteiger partial charge in [0.15, 0.2) is 5.58 Å². The van der Waals surface area contributed by atoms with Gasteiger partial charge in [0.05, 0.1) is 11.0 Å². The van der Waals surface area contributed by atoms with Crippen molar-refractivity contribution in [2.45, 2.75) is 0 Å². The molecule has 226 valence electrons. The second kappa shape index (κ2) is 9.03. The van der Waals surface area contributed by atoms with Gasteiger partial charge in [-0.05, 0) is 92.3 Å². The summed E-state index contributed by atoms with van der Waals surface area (Å²) in [6, 6.07) is 51.9. The molecule has 4 heteroatoms. The van der Waals surface area contributed by atoms with Crippen LogP contribution >= 0.6 is 0 Å². The van der Waals surface area contributed by atoms with E-state index in [1.54, 1.807) is 0 Å². The maximum absolute atomic E-state index is 6.61.